The van der Waals surface area contributed by atoms with Crippen LogP contribution in [0.25, 0.3) is 0 Å². The Morgan fingerprint density at radius 1 is 1.28 bits per heavy atom. The van der Waals surface area contributed by atoms with Crippen LogP contribution in [-0.4, -0.2) is 31.5 Å². The molecule has 6 heteroatoms. The molecule has 0 aromatic heterocycles. The molecule has 0 aliphatic carbocycles. The highest BCUT2D eigenvalue weighted by Gasteiger charge is 2.21. The summed E-state index contributed by atoms with van der Waals surface area (Å²) in [5.74, 6) is -0.666. The van der Waals surface area contributed by atoms with Crippen molar-refractivity contribution >= 4 is 5.69 Å². The third kappa shape index (κ3) is 4.06. The van der Waals surface area contributed by atoms with E-state index in [-0.39, 0.29) is 5.69 Å². The molecule has 0 unspecified atom stereocenters. The summed E-state index contributed by atoms with van der Waals surface area (Å²) in [4.78, 5) is 10.1. The lowest BCUT2D eigenvalue weighted by molar-refractivity contribution is -0.384. The smallest absolute Gasteiger partial charge is 0.269 e. The van der Waals surface area contributed by atoms with Crippen molar-refractivity contribution < 1.29 is 14.4 Å². The number of nitrogens with one attached hydrogen (secondary N) is 1. The van der Waals surface area contributed by atoms with Gasteiger partial charge in [0.1, 0.15) is 0 Å². The molecule has 1 N–H and O–H groups in total. The fraction of sp³-hybridized carbons (Fsp3) is 0.500. The van der Waals surface area contributed by atoms with Crippen LogP contribution in [0.3, 0.4) is 0 Å². The topological polar surface area (TPSA) is 73.6 Å². The summed E-state index contributed by atoms with van der Waals surface area (Å²) >= 11 is 0. The van der Waals surface area contributed by atoms with Crippen molar-refractivity contribution in [1.82, 2.24) is 5.32 Å². The van der Waals surface area contributed by atoms with Crippen LogP contribution in [0.1, 0.15) is 12.5 Å². The number of hydrogen-bond donors (Lipinski definition) is 1. The number of benzene rings is 1. The van der Waals surface area contributed by atoms with Gasteiger partial charge < -0.3 is 14.8 Å². The van der Waals surface area contributed by atoms with E-state index in [0.29, 0.717) is 13.1 Å². The van der Waals surface area contributed by atoms with Gasteiger partial charge in [-0.15, -0.1) is 0 Å². The number of rotatable bonds is 7. The van der Waals surface area contributed by atoms with Gasteiger partial charge in [-0.25, -0.2) is 0 Å². The van der Waals surface area contributed by atoms with Crippen molar-refractivity contribution in [2.45, 2.75) is 19.3 Å². The number of nitro benzene ring substituents is 1. The third-order valence-electron chi connectivity index (χ3n) is 2.79. The first-order valence-corrected chi connectivity index (χ1v) is 5.55. The van der Waals surface area contributed by atoms with E-state index in [1.807, 2.05) is 6.92 Å². The lowest BCUT2D eigenvalue weighted by Crippen LogP contribution is -2.41. The number of non-ortho nitro benzene ring substituents is 1. The molecule has 0 amide bonds. The molecule has 1 aromatic rings. The van der Waals surface area contributed by atoms with Gasteiger partial charge in [0.15, 0.2) is 5.79 Å². The molecule has 18 heavy (non-hydrogen) atoms. The summed E-state index contributed by atoms with van der Waals surface area (Å²) in [6.45, 7) is 2.95. The maximum atomic E-state index is 10.5. The first-order valence-electron chi connectivity index (χ1n) is 5.55. The van der Waals surface area contributed by atoms with E-state index in [4.69, 9.17) is 9.47 Å². The first-order chi connectivity index (χ1) is 8.50. The zero-order valence-electron chi connectivity index (χ0n) is 10.8. The molecule has 0 bridgehead atoms. The molecular formula is C12H18N2O4. The van der Waals surface area contributed by atoms with Crippen LogP contribution >= 0.6 is 0 Å². The molecule has 0 heterocycles. The Kier molecular flexibility index (Phi) is 5.21. The third-order valence-corrected chi connectivity index (χ3v) is 2.79. The summed E-state index contributed by atoms with van der Waals surface area (Å²) in [5.41, 5.74) is 1.06. The molecule has 0 radical (unpaired) electrons. The average molecular weight is 254 g/mol. The highest BCUT2D eigenvalue weighted by molar-refractivity contribution is 5.32. The van der Waals surface area contributed by atoms with Gasteiger partial charge in [-0.2, -0.15) is 0 Å². The van der Waals surface area contributed by atoms with Crippen molar-refractivity contribution in [2.24, 2.45) is 0 Å². The van der Waals surface area contributed by atoms with Crippen molar-refractivity contribution in [3.63, 3.8) is 0 Å². The summed E-state index contributed by atoms with van der Waals surface area (Å²) in [6.07, 6.45) is 0. The minimum Gasteiger partial charge on any atom is -0.352 e. The lowest BCUT2D eigenvalue weighted by atomic mass is 10.2. The second-order valence-corrected chi connectivity index (χ2v) is 4.07. The van der Waals surface area contributed by atoms with Gasteiger partial charge in [0.05, 0.1) is 4.92 Å². The van der Waals surface area contributed by atoms with Crippen LogP contribution in [0.2, 0.25) is 0 Å². The zero-order valence-corrected chi connectivity index (χ0v) is 10.8. The highest BCUT2D eigenvalue weighted by atomic mass is 16.7. The molecule has 1 rings (SSSR count). The number of hydrogen-bond acceptors (Lipinski definition) is 5. The van der Waals surface area contributed by atoms with E-state index in [9.17, 15) is 10.1 Å². The molecule has 100 valence electrons. The summed E-state index contributed by atoms with van der Waals surface area (Å²) in [5, 5.41) is 13.7. The monoisotopic (exact) mass is 254 g/mol. The minimum absolute atomic E-state index is 0.0948. The normalized spacial score (nSPS) is 11.5. The van der Waals surface area contributed by atoms with Crippen molar-refractivity contribution in [2.75, 3.05) is 20.8 Å². The Morgan fingerprint density at radius 2 is 1.83 bits per heavy atom. The number of nitrogens with zero attached hydrogens (tertiary/aromatic N) is 1. The molecule has 0 aliphatic rings. The fourth-order valence-electron chi connectivity index (χ4n) is 1.40. The van der Waals surface area contributed by atoms with Gasteiger partial charge in [-0.3, -0.25) is 10.1 Å². The molecule has 0 saturated heterocycles. The van der Waals surface area contributed by atoms with Crippen molar-refractivity contribution in [1.29, 1.82) is 0 Å². The molecular weight excluding hydrogens is 236 g/mol. The Bertz CT molecular complexity index is 388. The van der Waals surface area contributed by atoms with Crippen LogP contribution in [0.4, 0.5) is 5.69 Å². The molecule has 0 atom stereocenters. The van der Waals surface area contributed by atoms with Gasteiger partial charge >= 0.3 is 0 Å². The van der Waals surface area contributed by atoms with E-state index in [1.54, 1.807) is 26.4 Å². The molecule has 1 aromatic carbocycles. The predicted molar refractivity (Wildman–Crippen MR) is 67.2 cm³/mol. The lowest BCUT2D eigenvalue weighted by Gasteiger charge is -2.26. The molecule has 0 spiro atoms. The molecule has 0 fully saturated rings. The van der Waals surface area contributed by atoms with Crippen LogP contribution < -0.4 is 5.32 Å². The van der Waals surface area contributed by atoms with E-state index in [1.165, 1.54) is 12.1 Å². The Morgan fingerprint density at radius 3 is 2.28 bits per heavy atom. The molecule has 6 nitrogen and oxygen atoms in total. The second kappa shape index (κ2) is 6.44. The van der Waals surface area contributed by atoms with E-state index in [0.717, 1.165) is 5.56 Å². The molecule has 0 saturated carbocycles. The van der Waals surface area contributed by atoms with Crippen LogP contribution in [0.15, 0.2) is 24.3 Å². The maximum Gasteiger partial charge on any atom is 0.269 e. The van der Waals surface area contributed by atoms with Crippen LogP contribution in [0, 0.1) is 10.1 Å². The zero-order chi connectivity index (χ0) is 13.6. The number of methoxy groups -OCH3 is 2. The second-order valence-electron chi connectivity index (χ2n) is 4.07. The summed E-state index contributed by atoms with van der Waals surface area (Å²) < 4.78 is 10.4. The Hall–Kier alpha value is -1.50. The van der Waals surface area contributed by atoms with Gasteiger partial charge in [-0.1, -0.05) is 12.1 Å². The standard InChI is InChI=1S/C12H18N2O4/c1-12(17-2,18-3)9-13-8-10-4-6-11(7-5-10)14(15)16/h4-7,13H,8-9H2,1-3H3. The van der Waals surface area contributed by atoms with Gasteiger partial charge in [0.2, 0.25) is 0 Å². The fourth-order valence-corrected chi connectivity index (χ4v) is 1.40. The summed E-state index contributed by atoms with van der Waals surface area (Å²) in [6, 6.07) is 6.43. The number of nitro groups is 1. The van der Waals surface area contributed by atoms with Gasteiger partial charge in [0.25, 0.3) is 5.69 Å². The van der Waals surface area contributed by atoms with Crippen molar-refractivity contribution in [3.05, 3.63) is 39.9 Å². The Balaban J connectivity index is 2.47. The largest absolute Gasteiger partial charge is 0.352 e. The van der Waals surface area contributed by atoms with E-state index in [2.05, 4.69) is 5.32 Å². The van der Waals surface area contributed by atoms with Crippen LogP contribution in [0.5, 0.6) is 0 Å². The minimum atomic E-state index is -0.666. The quantitative estimate of drug-likeness (QED) is 0.455. The molecule has 0 aliphatic heterocycles. The number of ether oxygens (including phenoxy) is 2. The first kappa shape index (κ1) is 14.6. The average Bonchev–Trinajstić information content (AvgIpc) is 2.39. The van der Waals surface area contributed by atoms with Gasteiger partial charge in [0, 0.05) is 39.4 Å². The van der Waals surface area contributed by atoms with E-state index >= 15 is 0 Å². The van der Waals surface area contributed by atoms with Crippen LogP contribution in [-0.2, 0) is 16.0 Å². The van der Waals surface area contributed by atoms with Gasteiger partial charge in [-0.05, 0) is 12.5 Å². The van der Waals surface area contributed by atoms with E-state index < -0.39 is 10.7 Å². The maximum absolute atomic E-state index is 10.5. The Labute approximate surface area is 106 Å². The van der Waals surface area contributed by atoms with Crippen molar-refractivity contribution in [3.8, 4) is 0 Å². The highest BCUT2D eigenvalue weighted by Crippen LogP contribution is 2.12. The SMILES string of the molecule is COC(C)(CNCc1ccc([N+](=O)[O-])cc1)OC. The summed E-state index contributed by atoms with van der Waals surface area (Å²) in [7, 11) is 3.16. The predicted octanol–water partition coefficient (Wildman–Crippen LogP) is 1.69.